The van der Waals surface area contributed by atoms with Gasteiger partial charge in [0.25, 0.3) is 0 Å². The molecule has 0 aliphatic rings. The third-order valence-electron chi connectivity index (χ3n) is 2.87. The molecule has 1 unspecified atom stereocenters. The molecule has 0 aromatic heterocycles. The summed E-state index contributed by atoms with van der Waals surface area (Å²) in [5.41, 5.74) is 6.98. The van der Waals surface area contributed by atoms with Crippen molar-refractivity contribution in [3.63, 3.8) is 0 Å². The van der Waals surface area contributed by atoms with Crippen molar-refractivity contribution in [2.24, 2.45) is 5.11 Å². The van der Waals surface area contributed by atoms with Crippen molar-refractivity contribution in [1.29, 1.82) is 0 Å². The summed E-state index contributed by atoms with van der Waals surface area (Å²) in [5, 5.41) is 15.6. The number of nitrogens with zero attached hydrogens (tertiary/aromatic N) is 3. The first-order valence-corrected chi connectivity index (χ1v) is 6.24. The zero-order valence-electron chi connectivity index (χ0n) is 10.8. The number of nitrogens with one attached hydrogen (secondary N) is 1. The molecule has 1 atom stereocenters. The van der Waals surface area contributed by atoms with Gasteiger partial charge in [0, 0.05) is 22.0 Å². The lowest BCUT2D eigenvalue weighted by Crippen LogP contribution is -2.47. The van der Waals surface area contributed by atoms with Crippen LogP contribution in [0.4, 0.5) is 4.39 Å². The van der Waals surface area contributed by atoms with Gasteiger partial charge < -0.3 is 5.11 Å². The first-order chi connectivity index (χ1) is 9.41. The number of hydrogen-bond donors (Lipinski definition) is 2. The van der Waals surface area contributed by atoms with Crippen LogP contribution in [0.25, 0.3) is 10.4 Å². The van der Waals surface area contributed by atoms with Gasteiger partial charge in [-0.3, -0.25) is 5.32 Å². The van der Waals surface area contributed by atoms with Gasteiger partial charge in [0.2, 0.25) is 0 Å². The highest BCUT2D eigenvalue weighted by molar-refractivity contribution is 6.31. The number of rotatable bonds is 7. The molecule has 1 aromatic rings. The van der Waals surface area contributed by atoms with E-state index in [1.165, 1.54) is 13.0 Å². The molecule has 108 valence electrons. The normalized spacial score (nSPS) is 13.3. The van der Waals surface area contributed by atoms with Crippen molar-refractivity contribution in [2.45, 2.75) is 18.9 Å². The van der Waals surface area contributed by atoms with Gasteiger partial charge in [-0.25, -0.2) is 9.18 Å². The van der Waals surface area contributed by atoms with E-state index < -0.39 is 17.3 Å². The van der Waals surface area contributed by atoms with Gasteiger partial charge in [-0.15, -0.1) is 0 Å². The van der Waals surface area contributed by atoms with Gasteiger partial charge in [0.15, 0.2) is 0 Å². The first kappa shape index (κ1) is 16.2. The molecule has 0 amide bonds. The minimum atomic E-state index is -1.44. The summed E-state index contributed by atoms with van der Waals surface area (Å²) >= 11 is 5.91. The van der Waals surface area contributed by atoms with E-state index in [9.17, 15) is 14.3 Å². The summed E-state index contributed by atoms with van der Waals surface area (Å²) < 4.78 is 13.0. The van der Waals surface area contributed by atoms with Gasteiger partial charge in [-0.1, -0.05) is 22.8 Å². The van der Waals surface area contributed by atoms with Crippen molar-refractivity contribution < 1.29 is 14.3 Å². The fourth-order valence-corrected chi connectivity index (χ4v) is 2.07. The number of benzene rings is 1. The Balaban J connectivity index is 2.91. The summed E-state index contributed by atoms with van der Waals surface area (Å²) in [6.07, 6.45) is 0.478. The van der Waals surface area contributed by atoms with Crippen LogP contribution in [0.2, 0.25) is 5.02 Å². The van der Waals surface area contributed by atoms with E-state index in [-0.39, 0.29) is 17.1 Å². The van der Waals surface area contributed by atoms with Crippen LogP contribution in [0, 0.1) is 5.82 Å². The Hall–Kier alpha value is -1.82. The number of carbonyl (C=O) groups is 1. The molecule has 6 nitrogen and oxygen atoms in total. The van der Waals surface area contributed by atoms with E-state index in [0.29, 0.717) is 13.0 Å². The Morgan fingerprint density at radius 1 is 1.65 bits per heavy atom. The molecule has 0 fully saturated rings. The second-order valence-corrected chi connectivity index (χ2v) is 4.70. The van der Waals surface area contributed by atoms with Crippen molar-refractivity contribution in [3.05, 3.63) is 45.0 Å². The maximum absolute atomic E-state index is 13.0. The van der Waals surface area contributed by atoms with E-state index >= 15 is 0 Å². The quantitative estimate of drug-likeness (QED) is 0.350. The third-order valence-corrected chi connectivity index (χ3v) is 3.19. The molecule has 0 spiro atoms. The molecule has 8 heteroatoms. The largest absolute Gasteiger partial charge is 0.480 e. The second kappa shape index (κ2) is 7.09. The fourth-order valence-electron chi connectivity index (χ4n) is 1.71. The fraction of sp³-hybridized carbons (Fsp3) is 0.417. The monoisotopic (exact) mass is 300 g/mol. The van der Waals surface area contributed by atoms with Crippen LogP contribution >= 0.6 is 11.6 Å². The van der Waals surface area contributed by atoms with Gasteiger partial charge >= 0.3 is 5.97 Å². The number of halogens is 2. The first-order valence-electron chi connectivity index (χ1n) is 5.86. The predicted octanol–water partition coefficient (Wildman–Crippen LogP) is 3.07. The zero-order chi connectivity index (χ0) is 15.2. The molecule has 1 aromatic carbocycles. The lowest BCUT2D eigenvalue weighted by atomic mass is 9.91. The maximum atomic E-state index is 13.0. The van der Waals surface area contributed by atoms with Gasteiger partial charge in [-0.05, 0) is 37.6 Å². The topological polar surface area (TPSA) is 98.1 Å². The number of carboxylic acid groups (broad SMARTS) is 1. The van der Waals surface area contributed by atoms with Crippen molar-refractivity contribution in [1.82, 2.24) is 5.32 Å². The molecule has 0 bridgehead atoms. The minimum absolute atomic E-state index is 0.0393. The highest BCUT2D eigenvalue weighted by Gasteiger charge is 2.36. The minimum Gasteiger partial charge on any atom is -0.480 e. The molecule has 2 N–H and O–H groups in total. The molecule has 0 radical (unpaired) electrons. The molecular formula is C12H14ClFN4O2. The third kappa shape index (κ3) is 3.84. The van der Waals surface area contributed by atoms with E-state index in [4.69, 9.17) is 17.1 Å². The van der Waals surface area contributed by atoms with Crippen LogP contribution in [-0.4, -0.2) is 24.2 Å². The van der Waals surface area contributed by atoms with Crippen LogP contribution in [0.15, 0.2) is 23.3 Å². The van der Waals surface area contributed by atoms with Crippen LogP contribution < -0.4 is 5.32 Å². The Kier molecular flexibility index (Phi) is 5.76. The molecule has 0 aliphatic carbocycles. The van der Waals surface area contributed by atoms with Crippen LogP contribution in [0.5, 0.6) is 0 Å². The predicted molar refractivity (Wildman–Crippen MR) is 73.0 cm³/mol. The van der Waals surface area contributed by atoms with Crippen LogP contribution in [-0.2, 0) is 10.3 Å². The smallest absolute Gasteiger partial charge is 0.328 e. The Bertz CT molecular complexity index is 548. The second-order valence-electron chi connectivity index (χ2n) is 4.29. The molecule has 0 aliphatic heterocycles. The van der Waals surface area contributed by atoms with Gasteiger partial charge in [0.05, 0.1) is 0 Å². The number of carboxylic acids is 1. The Labute approximate surface area is 120 Å². The lowest BCUT2D eigenvalue weighted by Gasteiger charge is -2.27. The molecule has 0 saturated carbocycles. The van der Waals surface area contributed by atoms with Crippen molar-refractivity contribution >= 4 is 17.6 Å². The molecule has 1 rings (SSSR count). The van der Waals surface area contributed by atoms with E-state index in [2.05, 4.69) is 15.3 Å². The average Bonchev–Trinajstić information content (AvgIpc) is 2.37. The zero-order valence-corrected chi connectivity index (χ0v) is 11.6. The molecular weight excluding hydrogens is 287 g/mol. The number of azide groups is 1. The Morgan fingerprint density at radius 2 is 2.35 bits per heavy atom. The summed E-state index contributed by atoms with van der Waals surface area (Å²) in [4.78, 5) is 14.1. The van der Waals surface area contributed by atoms with Crippen LogP contribution in [0.3, 0.4) is 0 Å². The summed E-state index contributed by atoms with van der Waals surface area (Å²) in [6, 6.07) is 3.57. The highest BCUT2D eigenvalue weighted by atomic mass is 35.5. The van der Waals surface area contributed by atoms with E-state index in [0.717, 1.165) is 12.1 Å². The number of aliphatic carboxylic acids is 1. The molecule has 0 heterocycles. The highest BCUT2D eigenvalue weighted by Crippen LogP contribution is 2.29. The number of hydrogen-bond acceptors (Lipinski definition) is 3. The summed E-state index contributed by atoms with van der Waals surface area (Å²) in [7, 11) is 0. The van der Waals surface area contributed by atoms with E-state index in [1.54, 1.807) is 0 Å². The average molecular weight is 301 g/mol. The summed E-state index contributed by atoms with van der Waals surface area (Å²) in [6.45, 7) is 2.02. The van der Waals surface area contributed by atoms with Gasteiger partial charge in [-0.2, -0.15) is 0 Å². The van der Waals surface area contributed by atoms with Gasteiger partial charge in [0.1, 0.15) is 11.4 Å². The lowest BCUT2D eigenvalue weighted by molar-refractivity contribution is -0.144. The molecule has 20 heavy (non-hydrogen) atoms. The SMILES string of the molecule is CC(NCCCN=[N+]=[N-])(C(=O)O)c1ccc(F)cc1Cl. The summed E-state index contributed by atoms with van der Waals surface area (Å²) in [5.74, 6) is -1.66. The van der Waals surface area contributed by atoms with E-state index in [1.807, 2.05) is 0 Å². The van der Waals surface area contributed by atoms with Crippen molar-refractivity contribution in [3.8, 4) is 0 Å². The maximum Gasteiger partial charge on any atom is 0.328 e. The van der Waals surface area contributed by atoms with Crippen LogP contribution in [0.1, 0.15) is 18.9 Å². The Morgan fingerprint density at radius 3 is 2.90 bits per heavy atom. The van der Waals surface area contributed by atoms with Crippen molar-refractivity contribution in [2.75, 3.05) is 13.1 Å². The standard InChI is InChI=1S/C12H14ClFN4O2/c1-12(11(19)20,16-5-2-6-17-18-15)9-4-3-8(14)7-10(9)13/h3-4,7,16H,2,5-6H2,1H3,(H,19,20). The molecule has 0 saturated heterocycles.